The number of carbonyl (C=O) groups excluding carboxylic acids is 2. The van der Waals surface area contributed by atoms with E-state index in [9.17, 15) is 9.59 Å². The van der Waals surface area contributed by atoms with Crippen molar-refractivity contribution in [2.24, 2.45) is 5.10 Å². The number of rotatable bonds is 4. The smallest absolute Gasteiger partial charge is 0.310 e. The number of nitrogens with one attached hydrogen (secondary N) is 1. The monoisotopic (exact) mass is 402 g/mol. The van der Waals surface area contributed by atoms with Gasteiger partial charge in [0, 0.05) is 30.9 Å². The normalized spacial score (nSPS) is 27.6. The molecule has 3 atom stereocenters. The molecule has 148 valence electrons. The molecule has 2 saturated heterocycles. The van der Waals surface area contributed by atoms with Gasteiger partial charge in [-0.25, -0.2) is 9.69 Å². The van der Waals surface area contributed by atoms with Gasteiger partial charge in [-0.2, -0.15) is 5.10 Å². The molecule has 0 radical (unpaired) electrons. The fourth-order valence-electron chi connectivity index (χ4n) is 4.04. The summed E-state index contributed by atoms with van der Waals surface area (Å²) in [6, 6.07) is 6.83. The van der Waals surface area contributed by atoms with E-state index in [1.165, 1.54) is 4.90 Å². The van der Waals surface area contributed by atoms with Crippen LogP contribution in [-0.4, -0.2) is 76.0 Å². The average Bonchev–Trinajstić information content (AvgIpc) is 3.05. The zero-order valence-electron chi connectivity index (χ0n) is 15.9. The summed E-state index contributed by atoms with van der Waals surface area (Å²) in [6.45, 7) is 6.93. The molecular formula is C19H23ClN6O2. The van der Waals surface area contributed by atoms with Gasteiger partial charge in [-0.3, -0.25) is 20.0 Å². The lowest BCUT2D eigenvalue weighted by Crippen LogP contribution is -2.66. The fourth-order valence-corrected chi connectivity index (χ4v) is 4.17. The molecule has 2 fully saturated rings. The van der Waals surface area contributed by atoms with Gasteiger partial charge >= 0.3 is 6.03 Å². The van der Waals surface area contributed by atoms with Gasteiger partial charge in [0.05, 0.1) is 6.54 Å². The number of hydrogen-bond donors (Lipinski definition) is 1. The van der Waals surface area contributed by atoms with E-state index < -0.39 is 12.2 Å². The van der Waals surface area contributed by atoms with Gasteiger partial charge in [0.25, 0.3) is 5.91 Å². The minimum atomic E-state index is -0.467. The predicted molar refractivity (Wildman–Crippen MR) is 106 cm³/mol. The Kier molecular flexibility index (Phi) is 4.86. The number of benzene rings is 1. The Balaban J connectivity index is 1.63. The van der Waals surface area contributed by atoms with Gasteiger partial charge in [-0.05, 0) is 24.6 Å². The van der Waals surface area contributed by atoms with Gasteiger partial charge in [0.1, 0.15) is 12.2 Å². The van der Waals surface area contributed by atoms with Crippen molar-refractivity contribution in [2.75, 3.05) is 20.1 Å². The lowest BCUT2D eigenvalue weighted by atomic mass is 10.1. The van der Waals surface area contributed by atoms with E-state index in [0.29, 0.717) is 18.1 Å². The molecule has 1 aromatic rings. The van der Waals surface area contributed by atoms with Crippen LogP contribution < -0.4 is 5.32 Å². The van der Waals surface area contributed by atoms with Crippen LogP contribution in [0.5, 0.6) is 0 Å². The second-order valence-corrected chi connectivity index (χ2v) is 7.73. The van der Waals surface area contributed by atoms with Crippen molar-refractivity contribution in [1.82, 2.24) is 25.0 Å². The highest BCUT2D eigenvalue weighted by molar-refractivity contribution is 6.30. The zero-order chi connectivity index (χ0) is 20.0. The summed E-state index contributed by atoms with van der Waals surface area (Å²) in [6.07, 6.45) is 0.886. The van der Waals surface area contributed by atoms with E-state index in [1.54, 1.807) is 18.0 Å². The lowest BCUT2D eigenvalue weighted by molar-refractivity contribution is -0.138. The number of likely N-dealkylation sites (N-methyl/N-ethyl adjacent to an activating group) is 1. The minimum absolute atomic E-state index is 0.200. The van der Waals surface area contributed by atoms with Gasteiger partial charge in [0.15, 0.2) is 6.29 Å². The van der Waals surface area contributed by atoms with Crippen LogP contribution in [0.25, 0.3) is 0 Å². The molecule has 0 aliphatic carbocycles. The molecule has 8 nitrogen and oxygen atoms in total. The number of imide groups is 1. The van der Waals surface area contributed by atoms with E-state index in [0.717, 1.165) is 11.3 Å². The van der Waals surface area contributed by atoms with Crippen molar-refractivity contribution in [2.45, 2.75) is 32.0 Å². The predicted octanol–water partition coefficient (Wildman–Crippen LogP) is 1.49. The largest absolute Gasteiger partial charge is 0.328 e. The van der Waals surface area contributed by atoms with Crippen molar-refractivity contribution in [3.63, 3.8) is 0 Å². The van der Waals surface area contributed by atoms with Crippen molar-refractivity contribution < 1.29 is 9.59 Å². The molecule has 1 N–H and O–H groups in total. The quantitative estimate of drug-likeness (QED) is 0.773. The molecule has 3 amide bonds. The Morgan fingerprint density at radius 3 is 2.71 bits per heavy atom. The van der Waals surface area contributed by atoms with Crippen LogP contribution in [-0.2, 0) is 11.3 Å². The summed E-state index contributed by atoms with van der Waals surface area (Å²) < 4.78 is 0. The maximum Gasteiger partial charge on any atom is 0.328 e. The first-order valence-corrected chi connectivity index (χ1v) is 9.54. The number of fused-ring (bicyclic) bond motifs is 3. The second-order valence-electron chi connectivity index (χ2n) is 7.29. The molecular weight excluding hydrogens is 380 g/mol. The third kappa shape index (κ3) is 3.07. The summed E-state index contributed by atoms with van der Waals surface area (Å²) in [5.74, 6) is -0.204. The summed E-state index contributed by atoms with van der Waals surface area (Å²) in [7, 11) is 1.71. The van der Waals surface area contributed by atoms with Crippen LogP contribution in [0, 0.1) is 0 Å². The van der Waals surface area contributed by atoms with Crippen LogP contribution in [0.4, 0.5) is 4.79 Å². The standard InChI is InChI=1S/C19H23ClN6O2/c1-4-9-24-17(27)15-16(23(3)19(24)28)21-18-25(15)10-12(2)22-26(18)11-13-5-7-14(20)8-6-13/h4-8,15-16,18,21H,1,9-11H2,2-3H3. The highest BCUT2D eigenvalue weighted by Gasteiger charge is 2.56. The molecule has 3 heterocycles. The maximum absolute atomic E-state index is 13.1. The van der Waals surface area contributed by atoms with Gasteiger partial charge < -0.3 is 4.90 Å². The van der Waals surface area contributed by atoms with E-state index in [2.05, 4.69) is 16.8 Å². The van der Waals surface area contributed by atoms with E-state index in [4.69, 9.17) is 16.7 Å². The summed E-state index contributed by atoms with van der Waals surface area (Å²) >= 11 is 5.99. The number of halogens is 1. The third-order valence-electron chi connectivity index (χ3n) is 5.32. The molecule has 3 unspecified atom stereocenters. The molecule has 3 aliphatic rings. The Morgan fingerprint density at radius 1 is 1.32 bits per heavy atom. The molecule has 0 spiro atoms. The highest BCUT2D eigenvalue weighted by Crippen LogP contribution is 2.31. The molecule has 4 rings (SSSR count). The Labute approximate surface area is 169 Å². The van der Waals surface area contributed by atoms with Crippen LogP contribution >= 0.6 is 11.6 Å². The molecule has 28 heavy (non-hydrogen) atoms. The van der Waals surface area contributed by atoms with Crippen molar-refractivity contribution in [1.29, 1.82) is 0 Å². The number of carbonyl (C=O) groups is 2. The number of amides is 3. The van der Waals surface area contributed by atoms with Crippen LogP contribution in [0.3, 0.4) is 0 Å². The van der Waals surface area contributed by atoms with E-state index in [1.807, 2.05) is 36.2 Å². The zero-order valence-corrected chi connectivity index (χ0v) is 16.6. The molecule has 0 bridgehead atoms. The maximum atomic E-state index is 13.1. The van der Waals surface area contributed by atoms with Crippen LogP contribution in [0.15, 0.2) is 42.0 Å². The van der Waals surface area contributed by atoms with Gasteiger partial charge in [0.2, 0.25) is 0 Å². The first-order chi connectivity index (χ1) is 13.4. The number of nitrogens with zero attached hydrogens (tertiary/aromatic N) is 5. The first kappa shape index (κ1) is 18.9. The van der Waals surface area contributed by atoms with Crippen LogP contribution in [0.2, 0.25) is 5.02 Å². The highest BCUT2D eigenvalue weighted by atomic mass is 35.5. The number of hydrazone groups is 1. The minimum Gasteiger partial charge on any atom is -0.310 e. The Bertz CT molecular complexity index is 841. The van der Waals surface area contributed by atoms with E-state index in [-0.39, 0.29) is 24.8 Å². The topological polar surface area (TPSA) is 71.5 Å². The first-order valence-electron chi connectivity index (χ1n) is 9.16. The molecule has 1 aromatic carbocycles. The van der Waals surface area contributed by atoms with Gasteiger partial charge in [-0.15, -0.1) is 6.58 Å². The molecule has 3 aliphatic heterocycles. The van der Waals surface area contributed by atoms with Crippen molar-refractivity contribution >= 4 is 29.3 Å². The second kappa shape index (κ2) is 7.20. The van der Waals surface area contributed by atoms with E-state index >= 15 is 0 Å². The summed E-state index contributed by atoms with van der Waals surface area (Å²) in [5.41, 5.74) is 1.97. The van der Waals surface area contributed by atoms with Crippen molar-refractivity contribution in [3.8, 4) is 0 Å². The number of hydrogen-bond acceptors (Lipinski definition) is 6. The molecule has 0 aromatic heterocycles. The Hall–Kier alpha value is -2.42. The average molecular weight is 403 g/mol. The molecule has 9 heteroatoms. The van der Waals surface area contributed by atoms with Crippen molar-refractivity contribution in [3.05, 3.63) is 47.5 Å². The summed E-state index contributed by atoms with van der Waals surface area (Å²) in [4.78, 5) is 30.6. The molecule has 0 saturated carbocycles. The van der Waals surface area contributed by atoms with Gasteiger partial charge in [-0.1, -0.05) is 29.8 Å². The Morgan fingerprint density at radius 2 is 2.04 bits per heavy atom. The number of urea groups is 1. The lowest BCUT2D eigenvalue weighted by Gasteiger charge is -2.42. The third-order valence-corrected chi connectivity index (χ3v) is 5.57. The van der Waals surface area contributed by atoms with Crippen LogP contribution in [0.1, 0.15) is 12.5 Å². The fraction of sp³-hybridized carbons (Fsp3) is 0.421. The SMILES string of the molecule is C=CCN1C(=O)C2C(NC3N(Cc4ccc(Cl)cc4)N=C(C)CN23)N(C)C1=O. The summed E-state index contributed by atoms with van der Waals surface area (Å²) in [5, 5.41) is 10.7.